The number of ether oxygens (including phenoxy) is 1. The minimum absolute atomic E-state index is 0.0262. The second-order valence-electron chi connectivity index (χ2n) is 5.43. The maximum atomic E-state index is 12.4. The monoisotopic (exact) mass is 297 g/mol. The number of hydrogen-bond acceptors (Lipinski definition) is 4. The molecular weight excluding hydrogens is 278 g/mol. The lowest BCUT2D eigenvalue weighted by Gasteiger charge is -2.34. The van der Waals surface area contributed by atoms with E-state index < -0.39 is 15.4 Å². The Labute approximate surface area is 119 Å². The molecule has 1 aromatic carbocycles. The van der Waals surface area contributed by atoms with E-state index in [1.165, 1.54) is 0 Å². The van der Waals surface area contributed by atoms with Gasteiger partial charge in [-0.3, -0.25) is 4.79 Å². The molecule has 1 unspecified atom stereocenters. The molecule has 110 valence electrons. The van der Waals surface area contributed by atoms with E-state index in [0.29, 0.717) is 17.7 Å². The van der Waals surface area contributed by atoms with Crippen LogP contribution in [0.15, 0.2) is 24.3 Å². The molecule has 0 saturated carbocycles. The van der Waals surface area contributed by atoms with Crippen molar-refractivity contribution < 1.29 is 17.9 Å². The SMILES string of the molecule is COc1ccc(C(=O)N(C)C2(C)CCS(=O)(=O)C2)cc1. The van der Waals surface area contributed by atoms with E-state index in [1.54, 1.807) is 43.3 Å². The molecule has 0 aromatic heterocycles. The molecular formula is C14H19NO4S. The van der Waals surface area contributed by atoms with Crippen molar-refractivity contribution in [2.24, 2.45) is 0 Å². The van der Waals surface area contributed by atoms with Crippen LogP contribution >= 0.6 is 0 Å². The van der Waals surface area contributed by atoms with Gasteiger partial charge in [0.25, 0.3) is 5.91 Å². The van der Waals surface area contributed by atoms with E-state index in [2.05, 4.69) is 0 Å². The molecule has 0 aliphatic carbocycles. The molecule has 20 heavy (non-hydrogen) atoms. The standard InChI is InChI=1S/C14H19NO4S/c1-14(8-9-20(17,18)10-14)15(2)13(16)11-4-6-12(19-3)7-5-11/h4-7H,8-10H2,1-3H3. The molecule has 0 radical (unpaired) electrons. The van der Waals surface area contributed by atoms with Gasteiger partial charge in [-0.15, -0.1) is 0 Å². The number of benzene rings is 1. The number of hydrogen-bond donors (Lipinski definition) is 0. The van der Waals surface area contributed by atoms with E-state index in [4.69, 9.17) is 4.74 Å². The zero-order valence-electron chi connectivity index (χ0n) is 11.9. The van der Waals surface area contributed by atoms with Gasteiger partial charge in [-0.1, -0.05) is 0 Å². The van der Waals surface area contributed by atoms with Crippen LogP contribution in [0.1, 0.15) is 23.7 Å². The van der Waals surface area contributed by atoms with Crippen molar-refractivity contribution in [3.05, 3.63) is 29.8 Å². The highest BCUT2D eigenvalue weighted by Gasteiger charge is 2.43. The van der Waals surface area contributed by atoms with E-state index in [1.807, 2.05) is 6.92 Å². The average Bonchev–Trinajstić information content (AvgIpc) is 2.72. The van der Waals surface area contributed by atoms with Gasteiger partial charge < -0.3 is 9.64 Å². The van der Waals surface area contributed by atoms with Gasteiger partial charge in [-0.05, 0) is 37.6 Å². The number of amides is 1. The number of sulfone groups is 1. The van der Waals surface area contributed by atoms with Crippen LogP contribution in [0.2, 0.25) is 0 Å². The minimum Gasteiger partial charge on any atom is -0.497 e. The van der Waals surface area contributed by atoms with Crippen LogP contribution in [0.4, 0.5) is 0 Å². The predicted molar refractivity (Wildman–Crippen MR) is 76.8 cm³/mol. The second-order valence-corrected chi connectivity index (χ2v) is 7.62. The first-order valence-electron chi connectivity index (χ1n) is 6.40. The number of rotatable bonds is 3. The molecule has 1 aliphatic rings. The zero-order valence-corrected chi connectivity index (χ0v) is 12.7. The summed E-state index contributed by atoms with van der Waals surface area (Å²) in [6, 6.07) is 6.80. The van der Waals surface area contributed by atoms with Gasteiger partial charge in [0.1, 0.15) is 5.75 Å². The van der Waals surface area contributed by atoms with Crippen LogP contribution in [0.3, 0.4) is 0 Å². The van der Waals surface area contributed by atoms with Crippen LogP contribution < -0.4 is 4.74 Å². The van der Waals surface area contributed by atoms with Gasteiger partial charge in [-0.25, -0.2) is 8.42 Å². The quantitative estimate of drug-likeness (QED) is 0.844. The molecule has 1 heterocycles. The fourth-order valence-electron chi connectivity index (χ4n) is 2.43. The van der Waals surface area contributed by atoms with Crippen molar-refractivity contribution >= 4 is 15.7 Å². The summed E-state index contributed by atoms with van der Waals surface area (Å²) in [7, 11) is 0.184. The molecule has 1 amide bonds. The molecule has 0 bridgehead atoms. The third-order valence-electron chi connectivity index (χ3n) is 3.93. The number of methoxy groups -OCH3 is 1. The van der Waals surface area contributed by atoms with Crippen LogP contribution in [-0.2, 0) is 9.84 Å². The Morgan fingerprint density at radius 3 is 2.35 bits per heavy atom. The first-order chi connectivity index (χ1) is 9.27. The summed E-state index contributed by atoms with van der Waals surface area (Å²) in [6.45, 7) is 1.82. The van der Waals surface area contributed by atoms with Crippen LogP contribution in [-0.4, -0.2) is 50.4 Å². The molecule has 5 nitrogen and oxygen atoms in total. The Bertz CT molecular complexity index is 609. The third kappa shape index (κ3) is 2.80. The first kappa shape index (κ1) is 14.8. The molecule has 1 atom stereocenters. The van der Waals surface area contributed by atoms with E-state index >= 15 is 0 Å². The summed E-state index contributed by atoms with van der Waals surface area (Å²) < 4.78 is 28.3. The summed E-state index contributed by atoms with van der Waals surface area (Å²) in [5.74, 6) is 0.674. The van der Waals surface area contributed by atoms with Gasteiger partial charge in [0.05, 0.1) is 24.2 Å². The summed E-state index contributed by atoms with van der Waals surface area (Å²) in [6.07, 6.45) is 0.480. The van der Waals surface area contributed by atoms with Crippen molar-refractivity contribution in [2.75, 3.05) is 25.7 Å². The Balaban J connectivity index is 2.20. The van der Waals surface area contributed by atoms with E-state index in [0.717, 1.165) is 0 Å². The van der Waals surface area contributed by atoms with E-state index in [9.17, 15) is 13.2 Å². The van der Waals surface area contributed by atoms with Gasteiger partial charge in [-0.2, -0.15) is 0 Å². The molecule has 1 aliphatic heterocycles. The normalized spacial score (nSPS) is 24.4. The maximum absolute atomic E-state index is 12.4. The van der Waals surface area contributed by atoms with Crippen molar-refractivity contribution in [1.82, 2.24) is 4.90 Å². The van der Waals surface area contributed by atoms with Gasteiger partial charge >= 0.3 is 0 Å². The fourth-order valence-corrected chi connectivity index (χ4v) is 4.61. The van der Waals surface area contributed by atoms with Crippen LogP contribution in [0.5, 0.6) is 5.75 Å². The lowest BCUT2D eigenvalue weighted by Crippen LogP contribution is -2.48. The van der Waals surface area contributed by atoms with Crippen LogP contribution in [0.25, 0.3) is 0 Å². The average molecular weight is 297 g/mol. The summed E-state index contributed by atoms with van der Waals surface area (Å²) in [5.41, 5.74) is -0.102. The largest absolute Gasteiger partial charge is 0.497 e. The number of nitrogens with zero attached hydrogens (tertiary/aromatic N) is 1. The molecule has 2 rings (SSSR count). The zero-order chi connectivity index (χ0) is 15.0. The van der Waals surface area contributed by atoms with Gasteiger partial charge in [0.2, 0.25) is 0 Å². The predicted octanol–water partition coefficient (Wildman–Crippen LogP) is 1.34. The molecule has 1 fully saturated rings. The minimum atomic E-state index is -3.04. The lowest BCUT2D eigenvalue weighted by molar-refractivity contribution is 0.0638. The van der Waals surface area contributed by atoms with Crippen molar-refractivity contribution in [3.63, 3.8) is 0 Å². The van der Waals surface area contributed by atoms with Crippen molar-refractivity contribution in [3.8, 4) is 5.75 Å². The highest BCUT2D eigenvalue weighted by atomic mass is 32.2. The fraction of sp³-hybridized carbons (Fsp3) is 0.500. The second kappa shape index (κ2) is 5.09. The highest BCUT2D eigenvalue weighted by molar-refractivity contribution is 7.91. The summed E-state index contributed by atoms with van der Waals surface area (Å²) in [4.78, 5) is 14.0. The Kier molecular flexibility index (Phi) is 3.77. The third-order valence-corrected chi connectivity index (χ3v) is 5.82. The maximum Gasteiger partial charge on any atom is 0.254 e. The summed E-state index contributed by atoms with van der Waals surface area (Å²) >= 11 is 0. The molecule has 0 N–H and O–H groups in total. The Hall–Kier alpha value is -1.56. The lowest BCUT2D eigenvalue weighted by atomic mass is 9.99. The summed E-state index contributed by atoms with van der Waals surface area (Å²) in [5, 5.41) is 0. The first-order valence-corrected chi connectivity index (χ1v) is 8.22. The van der Waals surface area contributed by atoms with Crippen molar-refractivity contribution in [1.29, 1.82) is 0 Å². The number of carbonyl (C=O) groups is 1. The highest BCUT2D eigenvalue weighted by Crippen LogP contribution is 2.29. The smallest absolute Gasteiger partial charge is 0.254 e. The Morgan fingerprint density at radius 1 is 1.30 bits per heavy atom. The molecule has 1 aromatic rings. The Morgan fingerprint density at radius 2 is 1.90 bits per heavy atom. The topological polar surface area (TPSA) is 63.7 Å². The molecule has 1 saturated heterocycles. The van der Waals surface area contributed by atoms with Crippen LogP contribution in [0, 0.1) is 0 Å². The number of carbonyl (C=O) groups excluding carboxylic acids is 1. The van der Waals surface area contributed by atoms with Gasteiger partial charge in [0, 0.05) is 12.6 Å². The van der Waals surface area contributed by atoms with E-state index in [-0.39, 0.29) is 17.4 Å². The van der Waals surface area contributed by atoms with Crippen molar-refractivity contribution in [2.45, 2.75) is 18.9 Å². The molecule has 0 spiro atoms. The van der Waals surface area contributed by atoms with Gasteiger partial charge in [0.15, 0.2) is 9.84 Å². The molecule has 6 heteroatoms.